The van der Waals surface area contributed by atoms with E-state index in [2.05, 4.69) is 10.5 Å². The quantitative estimate of drug-likeness (QED) is 0.939. The third-order valence-electron chi connectivity index (χ3n) is 4.26. The van der Waals surface area contributed by atoms with Gasteiger partial charge in [0, 0.05) is 17.7 Å². The zero-order valence-electron chi connectivity index (χ0n) is 13.1. The number of fused-ring (bicyclic) bond motifs is 1. The van der Waals surface area contributed by atoms with Crippen LogP contribution in [0, 0.1) is 0 Å². The van der Waals surface area contributed by atoms with Crippen LogP contribution in [0.15, 0.2) is 28.8 Å². The molecule has 0 radical (unpaired) electrons. The molecule has 1 aromatic carbocycles. The maximum absolute atomic E-state index is 12.4. The molecule has 23 heavy (non-hydrogen) atoms. The SMILES string of the molecule is CC(C)NC(=O)C1(c2cc(-c3ccc4c(c3)OCO4)on2)CC1. The summed E-state index contributed by atoms with van der Waals surface area (Å²) in [5.41, 5.74) is 1.03. The fourth-order valence-corrected chi connectivity index (χ4v) is 2.81. The van der Waals surface area contributed by atoms with E-state index in [1.807, 2.05) is 38.1 Å². The van der Waals surface area contributed by atoms with Gasteiger partial charge in [0.1, 0.15) is 0 Å². The van der Waals surface area contributed by atoms with E-state index in [9.17, 15) is 4.79 Å². The molecular formula is C17H18N2O4. The van der Waals surface area contributed by atoms with Gasteiger partial charge < -0.3 is 19.3 Å². The van der Waals surface area contributed by atoms with E-state index in [0.29, 0.717) is 17.2 Å². The first-order valence-electron chi connectivity index (χ1n) is 7.77. The largest absolute Gasteiger partial charge is 0.454 e. The van der Waals surface area contributed by atoms with Crippen LogP contribution in [0.2, 0.25) is 0 Å². The Morgan fingerprint density at radius 2 is 2.00 bits per heavy atom. The molecular weight excluding hydrogens is 296 g/mol. The summed E-state index contributed by atoms with van der Waals surface area (Å²) in [4.78, 5) is 12.4. The fourth-order valence-electron chi connectivity index (χ4n) is 2.81. The molecule has 1 aliphatic carbocycles. The highest BCUT2D eigenvalue weighted by Gasteiger charge is 2.53. The molecule has 120 valence electrons. The molecule has 4 rings (SSSR count). The molecule has 0 bridgehead atoms. The van der Waals surface area contributed by atoms with Gasteiger partial charge in [-0.15, -0.1) is 0 Å². The molecule has 1 saturated carbocycles. The Morgan fingerprint density at radius 1 is 1.22 bits per heavy atom. The number of hydrogen-bond acceptors (Lipinski definition) is 5. The minimum absolute atomic E-state index is 0.0260. The first-order valence-corrected chi connectivity index (χ1v) is 7.77. The first-order chi connectivity index (χ1) is 11.1. The number of rotatable bonds is 4. The smallest absolute Gasteiger partial charge is 0.232 e. The predicted octanol–water partition coefficient (Wildman–Crippen LogP) is 2.63. The lowest BCUT2D eigenvalue weighted by molar-refractivity contribution is -0.124. The summed E-state index contributed by atoms with van der Waals surface area (Å²) in [6.45, 7) is 4.14. The van der Waals surface area contributed by atoms with Crippen LogP contribution in [-0.4, -0.2) is 23.9 Å². The van der Waals surface area contributed by atoms with Gasteiger partial charge >= 0.3 is 0 Å². The Kier molecular flexibility index (Phi) is 3.07. The Labute approximate surface area is 133 Å². The van der Waals surface area contributed by atoms with Crippen LogP contribution in [0.4, 0.5) is 0 Å². The van der Waals surface area contributed by atoms with Gasteiger partial charge in [0.05, 0.1) is 11.1 Å². The van der Waals surface area contributed by atoms with E-state index in [1.165, 1.54) is 0 Å². The second-order valence-corrected chi connectivity index (χ2v) is 6.35. The summed E-state index contributed by atoms with van der Waals surface area (Å²) in [5, 5.41) is 7.11. The van der Waals surface area contributed by atoms with Gasteiger partial charge in [-0.1, -0.05) is 5.16 Å². The van der Waals surface area contributed by atoms with Gasteiger partial charge in [-0.25, -0.2) is 0 Å². The minimum Gasteiger partial charge on any atom is -0.454 e. The van der Waals surface area contributed by atoms with Crippen molar-refractivity contribution in [3.8, 4) is 22.8 Å². The van der Waals surface area contributed by atoms with Crippen LogP contribution in [0.5, 0.6) is 11.5 Å². The topological polar surface area (TPSA) is 73.6 Å². The number of nitrogens with zero attached hydrogens (tertiary/aromatic N) is 1. The monoisotopic (exact) mass is 314 g/mol. The van der Waals surface area contributed by atoms with Crippen LogP contribution >= 0.6 is 0 Å². The number of ether oxygens (including phenoxy) is 2. The van der Waals surface area contributed by atoms with E-state index < -0.39 is 5.41 Å². The maximum atomic E-state index is 12.4. The lowest BCUT2D eigenvalue weighted by Crippen LogP contribution is -2.39. The summed E-state index contributed by atoms with van der Waals surface area (Å²) >= 11 is 0. The number of benzene rings is 1. The lowest BCUT2D eigenvalue weighted by atomic mass is 10.00. The highest BCUT2D eigenvalue weighted by molar-refractivity contribution is 5.91. The highest BCUT2D eigenvalue weighted by atomic mass is 16.7. The summed E-state index contributed by atoms with van der Waals surface area (Å²) in [5.74, 6) is 2.07. The standard InChI is InChI=1S/C17H18N2O4/c1-10(2)18-16(20)17(5-6-17)15-8-13(23-19-15)11-3-4-12-14(7-11)22-9-21-12/h3-4,7-8,10H,5-6,9H2,1-2H3,(H,18,20). The van der Waals surface area contributed by atoms with Gasteiger partial charge in [-0.3, -0.25) is 4.79 Å². The number of carbonyl (C=O) groups is 1. The molecule has 0 spiro atoms. The molecule has 2 aromatic rings. The van der Waals surface area contributed by atoms with Crippen molar-refractivity contribution >= 4 is 5.91 Å². The van der Waals surface area contributed by atoms with Crippen molar-refractivity contribution in [2.45, 2.75) is 38.1 Å². The molecule has 6 heteroatoms. The maximum Gasteiger partial charge on any atom is 0.232 e. The molecule has 1 amide bonds. The fraction of sp³-hybridized carbons (Fsp3) is 0.412. The van der Waals surface area contributed by atoms with Crippen molar-refractivity contribution in [1.29, 1.82) is 0 Å². The minimum atomic E-state index is -0.525. The molecule has 0 unspecified atom stereocenters. The van der Waals surface area contributed by atoms with E-state index in [0.717, 1.165) is 24.2 Å². The summed E-state index contributed by atoms with van der Waals surface area (Å²) < 4.78 is 16.2. The van der Waals surface area contributed by atoms with Crippen molar-refractivity contribution in [1.82, 2.24) is 10.5 Å². The molecule has 2 aliphatic rings. The van der Waals surface area contributed by atoms with Crippen LogP contribution < -0.4 is 14.8 Å². The van der Waals surface area contributed by atoms with Crippen LogP contribution in [0.25, 0.3) is 11.3 Å². The third-order valence-corrected chi connectivity index (χ3v) is 4.26. The number of hydrogen-bond donors (Lipinski definition) is 1. The molecule has 1 N–H and O–H groups in total. The second-order valence-electron chi connectivity index (χ2n) is 6.35. The summed E-state index contributed by atoms with van der Waals surface area (Å²) in [7, 11) is 0. The van der Waals surface area contributed by atoms with E-state index >= 15 is 0 Å². The third kappa shape index (κ3) is 2.34. The molecule has 2 heterocycles. The Balaban J connectivity index is 1.61. The summed E-state index contributed by atoms with van der Waals surface area (Å²) in [6.07, 6.45) is 1.61. The Morgan fingerprint density at radius 3 is 2.74 bits per heavy atom. The van der Waals surface area contributed by atoms with Crippen LogP contribution in [0.1, 0.15) is 32.4 Å². The lowest BCUT2D eigenvalue weighted by Gasteiger charge is -2.14. The zero-order chi connectivity index (χ0) is 16.0. The van der Waals surface area contributed by atoms with E-state index in [1.54, 1.807) is 0 Å². The van der Waals surface area contributed by atoms with Gasteiger partial charge in [0.2, 0.25) is 12.7 Å². The number of aromatic nitrogens is 1. The Bertz CT molecular complexity index is 762. The van der Waals surface area contributed by atoms with Gasteiger partial charge in [0.15, 0.2) is 17.3 Å². The molecule has 1 fully saturated rings. The van der Waals surface area contributed by atoms with Crippen LogP contribution in [-0.2, 0) is 10.2 Å². The van der Waals surface area contributed by atoms with E-state index in [-0.39, 0.29) is 18.7 Å². The van der Waals surface area contributed by atoms with Gasteiger partial charge in [0.25, 0.3) is 0 Å². The predicted molar refractivity (Wildman–Crippen MR) is 82.3 cm³/mol. The summed E-state index contributed by atoms with van der Waals surface area (Å²) in [6, 6.07) is 7.56. The number of nitrogens with one attached hydrogen (secondary N) is 1. The second kappa shape index (κ2) is 5.01. The first kappa shape index (κ1) is 14.1. The van der Waals surface area contributed by atoms with Crippen molar-refractivity contribution < 1.29 is 18.8 Å². The van der Waals surface area contributed by atoms with Crippen LogP contribution in [0.3, 0.4) is 0 Å². The molecule has 0 atom stereocenters. The average Bonchev–Trinajstić information content (AvgIpc) is 2.97. The highest BCUT2D eigenvalue weighted by Crippen LogP contribution is 2.49. The van der Waals surface area contributed by atoms with Crippen molar-refractivity contribution in [2.24, 2.45) is 0 Å². The Hall–Kier alpha value is -2.50. The average molecular weight is 314 g/mol. The number of amides is 1. The normalized spacial score (nSPS) is 17.3. The van der Waals surface area contributed by atoms with Gasteiger partial charge in [-0.2, -0.15) is 0 Å². The van der Waals surface area contributed by atoms with Crippen molar-refractivity contribution in [3.63, 3.8) is 0 Å². The van der Waals surface area contributed by atoms with Crippen molar-refractivity contribution in [3.05, 3.63) is 30.0 Å². The number of carbonyl (C=O) groups excluding carboxylic acids is 1. The molecule has 0 saturated heterocycles. The molecule has 1 aliphatic heterocycles. The molecule has 6 nitrogen and oxygen atoms in total. The zero-order valence-corrected chi connectivity index (χ0v) is 13.1. The molecule has 1 aromatic heterocycles. The van der Waals surface area contributed by atoms with Crippen molar-refractivity contribution in [2.75, 3.05) is 6.79 Å². The van der Waals surface area contributed by atoms with Gasteiger partial charge in [-0.05, 0) is 44.9 Å². The van der Waals surface area contributed by atoms with E-state index in [4.69, 9.17) is 14.0 Å².